The Morgan fingerprint density at radius 2 is 1.96 bits per heavy atom. The van der Waals surface area contributed by atoms with Gasteiger partial charge in [-0.25, -0.2) is 0 Å². The molecule has 0 aromatic carbocycles. The van der Waals surface area contributed by atoms with E-state index in [0.29, 0.717) is 18.0 Å². The Hall–Kier alpha value is -1.61. The van der Waals surface area contributed by atoms with Gasteiger partial charge in [0.2, 0.25) is 5.91 Å². The average Bonchev–Trinajstić information content (AvgIpc) is 3.00. The molecular weight excluding hydrogens is 331 g/mol. The average molecular weight is 349 g/mol. The molecule has 1 fully saturated rings. The molecule has 1 saturated heterocycles. The molecule has 0 radical (unpaired) electrons. The Kier molecular flexibility index (Phi) is 5.64. The van der Waals surface area contributed by atoms with Crippen molar-refractivity contribution in [2.45, 2.75) is 18.6 Å². The number of hydrogen-bond donors (Lipinski definition) is 1. The van der Waals surface area contributed by atoms with E-state index in [-0.39, 0.29) is 12.3 Å². The summed E-state index contributed by atoms with van der Waals surface area (Å²) in [6.45, 7) is 2.54. The summed E-state index contributed by atoms with van der Waals surface area (Å²) in [6, 6.07) is 2.33. The molecule has 1 aromatic heterocycles. The summed E-state index contributed by atoms with van der Waals surface area (Å²) in [5, 5.41) is 3.62. The van der Waals surface area contributed by atoms with E-state index < -0.39 is 18.1 Å². The van der Waals surface area contributed by atoms with Gasteiger partial charge in [-0.2, -0.15) is 13.2 Å². The van der Waals surface area contributed by atoms with Crippen molar-refractivity contribution in [1.29, 1.82) is 0 Å². The van der Waals surface area contributed by atoms with Crippen LogP contribution < -0.4 is 5.32 Å². The molecule has 5 nitrogen and oxygen atoms in total. The van der Waals surface area contributed by atoms with Crippen molar-refractivity contribution in [2.24, 2.45) is 0 Å². The number of piperazine rings is 1. The van der Waals surface area contributed by atoms with E-state index in [1.54, 1.807) is 22.4 Å². The van der Waals surface area contributed by atoms with Crippen molar-refractivity contribution < 1.29 is 22.8 Å². The smallest absolute Gasteiger partial charge is 0.340 e. The molecule has 1 atom stereocenters. The van der Waals surface area contributed by atoms with Gasteiger partial charge in [0, 0.05) is 31.1 Å². The first-order valence-corrected chi connectivity index (χ1v) is 8.02. The number of halogens is 3. The van der Waals surface area contributed by atoms with Gasteiger partial charge in [0.1, 0.15) is 0 Å². The van der Waals surface area contributed by atoms with Crippen LogP contribution in [0.15, 0.2) is 17.5 Å². The highest BCUT2D eigenvalue weighted by molar-refractivity contribution is 7.10. The maximum Gasteiger partial charge on any atom is 0.471 e. The van der Waals surface area contributed by atoms with E-state index >= 15 is 0 Å². The second-order valence-electron chi connectivity index (χ2n) is 5.43. The lowest BCUT2D eigenvalue weighted by atomic mass is 10.1. The monoisotopic (exact) mass is 349 g/mol. The Balaban J connectivity index is 2.03. The third-order valence-electron chi connectivity index (χ3n) is 3.68. The van der Waals surface area contributed by atoms with Gasteiger partial charge in [-0.1, -0.05) is 6.07 Å². The van der Waals surface area contributed by atoms with Crippen LogP contribution in [0.2, 0.25) is 0 Å². The molecule has 1 aromatic rings. The molecule has 0 saturated carbocycles. The third kappa shape index (κ3) is 4.93. The highest BCUT2D eigenvalue weighted by Gasteiger charge is 2.40. The Labute approximate surface area is 136 Å². The maximum absolute atomic E-state index is 12.5. The van der Waals surface area contributed by atoms with Crippen LogP contribution in [0.3, 0.4) is 0 Å². The van der Waals surface area contributed by atoms with E-state index in [9.17, 15) is 22.8 Å². The Morgan fingerprint density at radius 1 is 1.30 bits per heavy atom. The summed E-state index contributed by atoms with van der Waals surface area (Å²) in [5.74, 6) is -2.28. The minimum Gasteiger partial charge on any atom is -0.340 e. The van der Waals surface area contributed by atoms with Gasteiger partial charge in [0.05, 0.1) is 12.5 Å². The molecule has 23 heavy (non-hydrogen) atoms. The fourth-order valence-electron chi connectivity index (χ4n) is 2.31. The fraction of sp³-hybridized carbons (Fsp3) is 0.571. The second-order valence-corrected chi connectivity index (χ2v) is 6.41. The molecule has 1 aliphatic rings. The fourth-order valence-corrected chi connectivity index (χ4v) is 3.09. The Bertz CT molecular complexity index is 540. The molecule has 128 valence electrons. The van der Waals surface area contributed by atoms with Gasteiger partial charge in [-0.05, 0) is 18.5 Å². The number of carbonyl (C=O) groups is 2. The van der Waals surface area contributed by atoms with Gasteiger partial charge in [0.25, 0.3) is 0 Å². The standard InChI is InChI=1S/C14H18F3N3O2S/c1-19-4-6-20(7-5-19)12(21)9-10(11-3-2-8-23-11)18-13(22)14(15,16)17/h2-3,8,10H,4-7,9H2,1H3,(H,18,22)/t10-/m0/s1. The van der Waals surface area contributed by atoms with E-state index in [0.717, 1.165) is 13.1 Å². The number of likely N-dealkylation sites (N-methyl/N-ethyl adjacent to an activating group) is 1. The zero-order valence-corrected chi connectivity index (χ0v) is 13.4. The van der Waals surface area contributed by atoms with Crippen molar-refractivity contribution in [3.63, 3.8) is 0 Å². The van der Waals surface area contributed by atoms with Crippen molar-refractivity contribution in [3.05, 3.63) is 22.4 Å². The van der Waals surface area contributed by atoms with Gasteiger partial charge >= 0.3 is 12.1 Å². The summed E-state index contributed by atoms with van der Waals surface area (Å²) in [6.07, 6.45) is -5.14. The highest BCUT2D eigenvalue weighted by Crippen LogP contribution is 2.25. The lowest BCUT2D eigenvalue weighted by Crippen LogP contribution is -2.48. The first kappa shape index (κ1) is 17.7. The van der Waals surface area contributed by atoms with Crippen LogP contribution in [0.5, 0.6) is 0 Å². The predicted octanol–water partition coefficient (Wildman–Crippen LogP) is 1.63. The largest absolute Gasteiger partial charge is 0.471 e. The van der Waals surface area contributed by atoms with E-state index in [1.165, 1.54) is 11.3 Å². The van der Waals surface area contributed by atoms with Crippen LogP contribution in [0.1, 0.15) is 17.3 Å². The van der Waals surface area contributed by atoms with Crippen molar-refractivity contribution >= 4 is 23.2 Å². The molecule has 0 aliphatic carbocycles. The normalized spacial score (nSPS) is 17.8. The number of nitrogens with one attached hydrogen (secondary N) is 1. The first-order valence-electron chi connectivity index (χ1n) is 7.15. The van der Waals surface area contributed by atoms with Gasteiger partial charge < -0.3 is 15.1 Å². The molecule has 0 bridgehead atoms. The molecular formula is C14H18F3N3O2S. The highest BCUT2D eigenvalue weighted by atomic mass is 32.1. The third-order valence-corrected chi connectivity index (χ3v) is 4.67. The molecule has 0 spiro atoms. The number of amides is 2. The summed E-state index contributed by atoms with van der Waals surface area (Å²) in [5.41, 5.74) is 0. The van der Waals surface area contributed by atoms with Crippen LogP contribution in [0.25, 0.3) is 0 Å². The number of rotatable bonds is 4. The van der Waals surface area contributed by atoms with Gasteiger partial charge in [0.15, 0.2) is 0 Å². The molecule has 2 amide bonds. The van der Waals surface area contributed by atoms with Crippen molar-refractivity contribution in [3.8, 4) is 0 Å². The van der Waals surface area contributed by atoms with Gasteiger partial charge in [-0.15, -0.1) is 11.3 Å². The molecule has 2 rings (SSSR count). The summed E-state index contributed by atoms with van der Waals surface area (Å²) in [7, 11) is 1.94. The topological polar surface area (TPSA) is 52.6 Å². The number of thiophene rings is 1. The lowest BCUT2D eigenvalue weighted by molar-refractivity contribution is -0.174. The summed E-state index contributed by atoms with van der Waals surface area (Å²) in [4.78, 5) is 27.8. The Morgan fingerprint density at radius 3 is 2.48 bits per heavy atom. The van der Waals surface area contributed by atoms with E-state index in [1.807, 2.05) is 12.4 Å². The van der Waals surface area contributed by atoms with E-state index in [4.69, 9.17) is 0 Å². The van der Waals surface area contributed by atoms with Crippen molar-refractivity contribution in [2.75, 3.05) is 33.2 Å². The van der Waals surface area contributed by atoms with Crippen molar-refractivity contribution in [1.82, 2.24) is 15.1 Å². The maximum atomic E-state index is 12.5. The van der Waals surface area contributed by atoms with Crippen LogP contribution >= 0.6 is 11.3 Å². The van der Waals surface area contributed by atoms with Crippen LogP contribution in [-0.2, 0) is 9.59 Å². The SMILES string of the molecule is CN1CCN(C(=O)C[C@H](NC(=O)C(F)(F)F)c2cccs2)CC1. The molecule has 0 unspecified atom stereocenters. The molecule has 1 aliphatic heterocycles. The first-order chi connectivity index (χ1) is 10.8. The summed E-state index contributed by atoms with van der Waals surface area (Å²) >= 11 is 1.21. The second kappa shape index (κ2) is 7.31. The van der Waals surface area contributed by atoms with Crippen LogP contribution in [0, 0.1) is 0 Å². The minimum atomic E-state index is -4.97. The zero-order valence-electron chi connectivity index (χ0n) is 12.6. The zero-order chi connectivity index (χ0) is 17.0. The number of hydrogen-bond acceptors (Lipinski definition) is 4. The molecule has 1 N–H and O–H groups in total. The lowest BCUT2D eigenvalue weighted by Gasteiger charge is -2.33. The number of alkyl halides is 3. The predicted molar refractivity (Wildman–Crippen MR) is 80.0 cm³/mol. The van der Waals surface area contributed by atoms with Crippen LogP contribution in [0.4, 0.5) is 13.2 Å². The summed E-state index contributed by atoms with van der Waals surface area (Å²) < 4.78 is 37.4. The minimum absolute atomic E-state index is 0.175. The number of nitrogens with zero attached hydrogens (tertiary/aromatic N) is 2. The molecule has 2 heterocycles. The van der Waals surface area contributed by atoms with Crippen LogP contribution in [-0.4, -0.2) is 61.0 Å². The quantitative estimate of drug-likeness (QED) is 0.899. The van der Waals surface area contributed by atoms with E-state index in [2.05, 4.69) is 4.90 Å². The van der Waals surface area contributed by atoms with Gasteiger partial charge in [-0.3, -0.25) is 9.59 Å². The number of carbonyl (C=O) groups excluding carboxylic acids is 2. The molecule has 9 heteroatoms.